The first kappa shape index (κ1) is 13.4. The van der Waals surface area contributed by atoms with Gasteiger partial charge in [-0.15, -0.1) is 0 Å². The third-order valence-electron chi connectivity index (χ3n) is 4.70. The van der Waals surface area contributed by atoms with Gasteiger partial charge in [0.25, 0.3) is 0 Å². The lowest BCUT2D eigenvalue weighted by atomic mass is 9.90. The highest BCUT2D eigenvalue weighted by atomic mass is 35.5. The molecule has 0 bridgehead atoms. The lowest BCUT2D eigenvalue weighted by Crippen LogP contribution is -2.35. The van der Waals surface area contributed by atoms with E-state index < -0.39 is 0 Å². The molecule has 0 aromatic heterocycles. The molecule has 3 atom stereocenters. The van der Waals surface area contributed by atoms with E-state index in [1.807, 2.05) is 6.07 Å². The van der Waals surface area contributed by atoms with Crippen LogP contribution in [0.2, 0.25) is 5.02 Å². The molecule has 0 saturated carbocycles. The average Bonchev–Trinajstić information content (AvgIpc) is 2.80. The number of nitrogens with zero attached hydrogens (tertiary/aromatic N) is 1. The molecule has 2 aliphatic heterocycles. The Bertz CT molecular complexity index is 421. The minimum atomic E-state index is 0.562. The molecule has 104 valence electrons. The Kier molecular flexibility index (Phi) is 4.11. The number of fused-ring (bicyclic) bond motifs is 1. The zero-order valence-corrected chi connectivity index (χ0v) is 12.4. The van der Waals surface area contributed by atoms with Gasteiger partial charge in [0.05, 0.1) is 0 Å². The second-order valence-corrected chi connectivity index (χ2v) is 6.62. The van der Waals surface area contributed by atoms with Gasteiger partial charge in [0, 0.05) is 24.7 Å². The van der Waals surface area contributed by atoms with Crippen molar-refractivity contribution >= 4 is 11.6 Å². The first-order valence-electron chi connectivity index (χ1n) is 7.41. The molecule has 0 spiro atoms. The number of benzene rings is 1. The van der Waals surface area contributed by atoms with Crippen LogP contribution in [0.25, 0.3) is 0 Å². The van der Waals surface area contributed by atoms with Crippen LogP contribution in [0.1, 0.15) is 24.8 Å². The zero-order chi connectivity index (χ0) is 13.2. The largest absolute Gasteiger partial charge is 0.316 e. The molecule has 0 radical (unpaired) electrons. The van der Waals surface area contributed by atoms with Gasteiger partial charge in [-0.1, -0.05) is 30.7 Å². The van der Waals surface area contributed by atoms with Gasteiger partial charge < -0.3 is 10.2 Å². The van der Waals surface area contributed by atoms with E-state index in [-0.39, 0.29) is 0 Å². The smallest absolute Gasteiger partial charge is 0.0408 e. The van der Waals surface area contributed by atoms with E-state index in [0.29, 0.717) is 5.92 Å². The van der Waals surface area contributed by atoms with Crippen LogP contribution in [0.4, 0.5) is 0 Å². The summed E-state index contributed by atoms with van der Waals surface area (Å²) in [6.07, 6.45) is 1.35. The van der Waals surface area contributed by atoms with E-state index in [1.54, 1.807) is 0 Å². The van der Waals surface area contributed by atoms with Gasteiger partial charge >= 0.3 is 0 Å². The highest BCUT2D eigenvalue weighted by molar-refractivity contribution is 6.30. The third-order valence-corrected chi connectivity index (χ3v) is 4.94. The molecule has 2 nitrogen and oxygen atoms in total. The SMILES string of the molecule is CC(CN1C[C@H]2CNCC[C@H]2C1)c1cccc(Cl)c1. The van der Waals surface area contributed by atoms with Crippen LogP contribution in [-0.4, -0.2) is 37.6 Å². The van der Waals surface area contributed by atoms with Crippen LogP contribution in [-0.2, 0) is 0 Å². The summed E-state index contributed by atoms with van der Waals surface area (Å²) < 4.78 is 0. The molecule has 3 rings (SSSR count). The quantitative estimate of drug-likeness (QED) is 0.914. The molecular weight excluding hydrogens is 256 g/mol. The average molecular weight is 279 g/mol. The fourth-order valence-electron chi connectivity index (χ4n) is 3.62. The summed E-state index contributed by atoms with van der Waals surface area (Å²) in [5.74, 6) is 2.36. The van der Waals surface area contributed by atoms with Crippen molar-refractivity contribution in [2.75, 3.05) is 32.7 Å². The minimum Gasteiger partial charge on any atom is -0.316 e. The molecule has 2 heterocycles. The summed E-state index contributed by atoms with van der Waals surface area (Å²) in [6, 6.07) is 8.31. The van der Waals surface area contributed by atoms with Crippen molar-refractivity contribution in [3.8, 4) is 0 Å². The normalized spacial score (nSPS) is 29.2. The van der Waals surface area contributed by atoms with Crippen LogP contribution in [0.15, 0.2) is 24.3 Å². The van der Waals surface area contributed by atoms with Crippen LogP contribution < -0.4 is 5.32 Å². The Labute approximate surface area is 121 Å². The minimum absolute atomic E-state index is 0.562. The van der Waals surface area contributed by atoms with Gasteiger partial charge in [-0.3, -0.25) is 0 Å². The molecule has 1 unspecified atom stereocenters. The molecule has 19 heavy (non-hydrogen) atoms. The lowest BCUT2D eigenvalue weighted by Gasteiger charge is -2.24. The summed E-state index contributed by atoms with van der Waals surface area (Å²) in [7, 11) is 0. The topological polar surface area (TPSA) is 15.3 Å². The van der Waals surface area contributed by atoms with E-state index in [4.69, 9.17) is 11.6 Å². The number of piperidine rings is 1. The van der Waals surface area contributed by atoms with Gasteiger partial charge in [0.1, 0.15) is 0 Å². The van der Waals surface area contributed by atoms with Gasteiger partial charge in [-0.25, -0.2) is 0 Å². The molecule has 1 aromatic rings. The van der Waals surface area contributed by atoms with Gasteiger partial charge in [-0.2, -0.15) is 0 Å². The number of likely N-dealkylation sites (tertiary alicyclic amines) is 1. The monoisotopic (exact) mass is 278 g/mol. The second kappa shape index (κ2) is 5.82. The second-order valence-electron chi connectivity index (χ2n) is 6.19. The summed E-state index contributed by atoms with van der Waals surface area (Å²) >= 11 is 6.08. The van der Waals surface area contributed by atoms with Gasteiger partial charge in [0.2, 0.25) is 0 Å². The molecule has 3 heteroatoms. The molecule has 2 fully saturated rings. The van der Waals surface area contributed by atoms with E-state index in [1.165, 1.54) is 38.2 Å². The van der Waals surface area contributed by atoms with E-state index >= 15 is 0 Å². The third kappa shape index (κ3) is 3.13. The maximum Gasteiger partial charge on any atom is 0.0408 e. The van der Waals surface area contributed by atoms with Crippen molar-refractivity contribution in [2.45, 2.75) is 19.3 Å². The Morgan fingerprint density at radius 2 is 2.21 bits per heavy atom. The van der Waals surface area contributed by atoms with E-state index in [0.717, 1.165) is 23.4 Å². The number of rotatable bonds is 3. The van der Waals surface area contributed by atoms with Crippen LogP contribution >= 0.6 is 11.6 Å². The van der Waals surface area contributed by atoms with Crippen molar-refractivity contribution in [3.63, 3.8) is 0 Å². The van der Waals surface area contributed by atoms with Gasteiger partial charge in [0.15, 0.2) is 0 Å². The summed E-state index contributed by atoms with van der Waals surface area (Å²) in [5, 5.41) is 4.38. The lowest BCUT2D eigenvalue weighted by molar-refractivity contribution is 0.305. The van der Waals surface area contributed by atoms with Crippen molar-refractivity contribution in [1.29, 1.82) is 0 Å². The molecule has 2 saturated heterocycles. The standard InChI is InChI=1S/C16H23ClN2/c1-12(13-3-2-4-16(17)7-13)9-19-10-14-5-6-18-8-15(14)11-19/h2-4,7,12,14-15,18H,5-6,8-11H2,1H3/t12?,14-,15+/m0/s1. The van der Waals surface area contributed by atoms with Crippen LogP contribution in [0, 0.1) is 11.8 Å². The summed E-state index contributed by atoms with van der Waals surface area (Å²) in [6.45, 7) is 8.45. The highest BCUT2D eigenvalue weighted by Gasteiger charge is 2.34. The number of hydrogen-bond donors (Lipinski definition) is 1. The molecule has 1 aromatic carbocycles. The Hall–Kier alpha value is -0.570. The first-order chi connectivity index (χ1) is 9.22. The first-order valence-corrected chi connectivity index (χ1v) is 7.78. The summed E-state index contributed by atoms with van der Waals surface area (Å²) in [4.78, 5) is 2.65. The Morgan fingerprint density at radius 3 is 3.00 bits per heavy atom. The number of nitrogens with one attached hydrogen (secondary N) is 1. The fraction of sp³-hybridized carbons (Fsp3) is 0.625. The van der Waals surface area contributed by atoms with Crippen molar-refractivity contribution in [3.05, 3.63) is 34.9 Å². The molecule has 0 amide bonds. The van der Waals surface area contributed by atoms with Crippen molar-refractivity contribution in [2.24, 2.45) is 11.8 Å². The van der Waals surface area contributed by atoms with Crippen LogP contribution in [0.3, 0.4) is 0 Å². The van der Waals surface area contributed by atoms with Gasteiger partial charge in [-0.05, 0) is 55.0 Å². The maximum atomic E-state index is 6.08. The molecular formula is C16H23ClN2. The molecule has 0 aliphatic carbocycles. The van der Waals surface area contributed by atoms with Crippen molar-refractivity contribution < 1.29 is 0 Å². The van der Waals surface area contributed by atoms with E-state index in [2.05, 4.69) is 35.3 Å². The predicted molar refractivity (Wildman–Crippen MR) is 80.8 cm³/mol. The predicted octanol–water partition coefficient (Wildman–Crippen LogP) is 2.98. The van der Waals surface area contributed by atoms with Crippen LogP contribution in [0.5, 0.6) is 0 Å². The Balaban J connectivity index is 1.59. The highest BCUT2D eigenvalue weighted by Crippen LogP contribution is 2.30. The fourth-order valence-corrected chi connectivity index (χ4v) is 3.82. The zero-order valence-electron chi connectivity index (χ0n) is 11.6. The van der Waals surface area contributed by atoms with Crippen molar-refractivity contribution in [1.82, 2.24) is 10.2 Å². The molecule has 2 aliphatic rings. The van der Waals surface area contributed by atoms with E-state index in [9.17, 15) is 0 Å². The maximum absolute atomic E-state index is 6.08. The number of halogens is 1. The summed E-state index contributed by atoms with van der Waals surface area (Å²) in [5.41, 5.74) is 1.36. The Morgan fingerprint density at radius 1 is 1.37 bits per heavy atom. The number of hydrogen-bond acceptors (Lipinski definition) is 2. The molecule has 1 N–H and O–H groups in total.